The molecule has 0 radical (unpaired) electrons. The summed E-state index contributed by atoms with van der Waals surface area (Å²) >= 11 is 0. The molecule has 146 valence electrons. The second kappa shape index (κ2) is 8.69. The number of hydrogen-bond donors (Lipinski definition) is 1. The highest BCUT2D eigenvalue weighted by atomic mass is 16.5. The maximum absolute atomic E-state index is 12.8. The number of esters is 1. The number of amides is 2. The highest BCUT2D eigenvalue weighted by molar-refractivity contribution is 6.08. The number of ether oxygens (including phenoxy) is 2. The molecule has 1 aliphatic heterocycles. The Kier molecular flexibility index (Phi) is 6.09. The molecule has 1 N–H and O–H groups in total. The first kappa shape index (κ1) is 19.6. The number of para-hydroxylation sites is 1. The number of nitrogens with one attached hydrogen (secondary N) is 1. The molecule has 1 aliphatic rings. The largest absolute Gasteiger partial charge is 0.462 e. The summed E-state index contributed by atoms with van der Waals surface area (Å²) in [6.07, 6.45) is 0.512. The van der Waals surface area contributed by atoms with Crippen molar-refractivity contribution in [3.8, 4) is 11.5 Å². The van der Waals surface area contributed by atoms with Gasteiger partial charge in [0.1, 0.15) is 17.4 Å². The van der Waals surface area contributed by atoms with Crippen molar-refractivity contribution in [3.63, 3.8) is 0 Å². The van der Waals surface area contributed by atoms with E-state index in [4.69, 9.17) is 9.47 Å². The fourth-order valence-electron chi connectivity index (χ4n) is 3.05. The number of nitrogens with zero attached hydrogens (tertiary/aromatic N) is 1. The van der Waals surface area contributed by atoms with E-state index in [1.54, 1.807) is 6.92 Å². The van der Waals surface area contributed by atoms with Gasteiger partial charge >= 0.3 is 12.0 Å². The Morgan fingerprint density at radius 3 is 2.57 bits per heavy atom. The van der Waals surface area contributed by atoms with E-state index in [9.17, 15) is 9.59 Å². The Morgan fingerprint density at radius 2 is 1.86 bits per heavy atom. The lowest BCUT2D eigenvalue weighted by Gasteiger charge is -2.30. The molecule has 0 spiro atoms. The molecule has 2 amide bonds. The molecule has 0 saturated carbocycles. The zero-order valence-electron chi connectivity index (χ0n) is 16.2. The first-order valence-electron chi connectivity index (χ1n) is 9.37. The number of carbonyl (C=O) groups excluding carboxylic acids is 2. The minimum atomic E-state index is -0.682. The highest BCUT2D eigenvalue weighted by Gasteiger charge is 2.38. The molecule has 0 bridgehead atoms. The van der Waals surface area contributed by atoms with Crippen molar-refractivity contribution in [2.75, 3.05) is 0 Å². The standard InChI is InChI=1S/C22H24N2O4/c1-4-14(2)27-21(25)19-15(3)23-22(26)24-20(19)16-9-8-12-18(13-16)28-17-10-6-5-7-11-17/h5-14,19-20H,4H2,1-3H3,(H,24,26). The quantitative estimate of drug-likeness (QED) is 0.739. The molecule has 3 rings (SSSR count). The van der Waals surface area contributed by atoms with Crippen LogP contribution >= 0.6 is 0 Å². The molecule has 0 aliphatic carbocycles. The zero-order chi connectivity index (χ0) is 20.1. The van der Waals surface area contributed by atoms with Crippen LogP contribution in [0.2, 0.25) is 0 Å². The summed E-state index contributed by atoms with van der Waals surface area (Å²) in [7, 11) is 0. The van der Waals surface area contributed by atoms with Crippen LogP contribution in [-0.2, 0) is 9.53 Å². The Morgan fingerprint density at radius 1 is 1.14 bits per heavy atom. The highest BCUT2D eigenvalue weighted by Crippen LogP contribution is 2.31. The maximum atomic E-state index is 12.8. The lowest BCUT2D eigenvalue weighted by Crippen LogP contribution is -2.44. The average Bonchev–Trinajstić information content (AvgIpc) is 2.68. The van der Waals surface area contributed by atoms with Crippen molar-refractivity contribution >= 4 is 17.7 Å². The minimum Gasteiger partial charge on any atom is -0.462 e. The summed E-state index contributed by atoms with van der Waals surface area (Å²) < 4.78 is 11.4. The van der Waals surface area contributed by atoms with Gasteiger partial charge in [-0.05, 0) is 50.1 Å². The summed E-state index contributed by atoms with van der Waals surface area (Å²) in [5.74, 6) is 0.249. The van der Waals surface area contributed by atoms with Crippen LogP contribution < -0.4 is 10.1 Å². The van der Waals surface area contributed by atoms with E-state index in [0.29, 0.717) is 23.6 Å². The third-order valence-corrected chi connectivity index (χ3v) is 4.68. The number of hydrogen-bond acceptors (Lipinski definition) is 4. The first-order chi connectivity index (χ1) is 13.5. The van der Waals surface area contributed by atoms with Gasteiger partial charge in [0.25, 0.3) is 0 Å². The van der Waals surface area contributed by atoms with Crippen LogP contribution in [0, 0.1) is 5.92 Å². The van der Waals surface area contributed by atoms with Crippen LogP contribution in [0.25, 0.3) is 0 Å². The van der Waals surface area contributed by atoms with Crippen LogP contribution in [-0.4, -0.2) is 23.8 Å². The summed E-state index contributed by atoms with van der Waals surface area (Å²) in [6, 6.07) is 15.7. The van der Waals surface area contributed by atoms with Gasteiger partial charge in [-0.1, -0.05) is 37.3 Å². The minimum absolute atomic E-state index is 0.202. The molecule has 0 aromatic heterocycles. The SMILES string of the molecule is CCC(C)OC(=O)C1C(C)=NC(=O)NC1c1cccc(Oc2ccccc2)c1. The maximum Gasteiger partial charge on any atom is 0.341 e. The Labute approximate surface area is 164 Å². The Bertz CT molecular complexity index is 879. The monoisotopic (exact) mass is 380 g/mol. The van der Waals surface area contributed by atoms with Gasteiger partial charge in [-0.2, -0.15) is 0 Å². The van der Waals surface area contributed by atoms with Gasteiger partial charge in [-0.15, -0.1) is 0 Å². The summed E-state index contributed by atoms with van der Waals surface area (Å²) in [5, 5.41) is 2.79. The van der Waals surface area contributed by atoms with Crippen LogP contribution in [0.5, 0.6) is 11.5 Å². The van der Waals surface area contributed by atoms with Gasteiger partial charge in [0.05, 0.1) is 12.1 Å². The van der Waals surface area contributed by atoms with Crippen molar-refractivity contribution in [2.45, 2.75) is 39.3 Å². The van der Waals surface area contributed by atoms with E-state index in [1.807, 2.05) is 68.4 Å². The van der Waals surface area contributed by atoms with E-state index in [2.05, 4.69) is 10.3 Å². The summed E-state index contributed by atoms with van der Waals surface area (Å²) in [5.41, 5.74) is 1.19. The van der Waals surface area contributed by atoms with Crippen LogP contribution in [0.1, 0.15) is 38.8 Å². The van der Waals surface area contributed by atoms with E-state index in [1.165, 1.54) is 0 Å². The van der Waals surface area contributed by atoms with Gasteiger partial charge in [-0.25, -0.2) is 9.79 Å². The van der Waals surface area contributed by atoms with E-state index < -0.39 is 24.0 Å². The smallest absolute Gasteiger partial charge is 0.341 e. The molecule has 2 aromatic carbocycles. The molecule has 2 aromatic rings. The zero-order valence-corrected chi connectivity index (χ0v) is 16.2. The van der Waals surface area contributed by atoms with Crippen molar-refractivity contribution in [2.24, 2.45) is 10.9 Å². The van der Waals surface area contributed by atoms with Crippen molar-refractivity contribution < 1.29 is 19.1 Å². The van der Waals surface area contributed by atoms with Gasteiger partial charge in [0.2, 0.25) is 0 Å². The molecule has 0 fully saturated rings. The van der Waals surface area contributed by atoms with E-state index in [0.717, 1.165) is 5.56 Å². The molecule has 0 saturated heterocycles. The fraction of sp³-hybridized carbons (Fsp3) is 0.318. The fourth-order valence-corrected chi connectivity index (χ4v) is 3.05. The third-order valence-electron chi connectivity index (χ3n) is 4.68. The Hall–Kier alpha value is -3.15. The lowest BCUT2D eigenvalue weighted by atomic mass is 9.88. The molecule has 6 nitrogen and oxygen atoms in total. The van der Waals surface area contributed by atoms with Gasteiger partial charge < -0.3 is 14.8 Å². The molecule has 6 heteroatoms. The van der Waals surface area contributed by atoms with Crippen molar-refractivity contribution in [1.82, 2.24) is 5.32 Å². The van der Waals surface area contributed by atoms with Gasteiger partial charge in [-0.3, -0.25) is 4.79 Å². The van der Waals surface area contributed by atoms with Crippen LogP contribution in [0.4, 0.5) is 4.79 Å². The molecular formula is C22H24N2O4. The van der Waals surface area contributed by atoms with Gasteiger partial charge in [0.15, 0.2) is 0 Å². The second-order valence-electron chi connectivity index (χ2n) is 6.80. The summed E-state index contributed by atoms with van der Waals surface area (Å²) in [4.78, 5) is 28.7. The first-order valence-corrected chi connectivity index (χ1v) is 9.37. The molecule has 3 atom stereocenters. The van der Waals surface area contributed by atoms with Crippen LogP contribution in [0.15, 0.2) is 59.6 Å². The molecule has 1 heterocycles. The number of urea groups is 1. The van der Waals surface area contributed by atoms with E-state index in [-0.39, 0.29) is 6.10 Å². The Balaban J connectivity index is 1.88. The molecule has 3 unspecified atom stereocenters. The third kappa shape index (κ3) is 4.57. The van der Waals surface area contributed by atoms with Crippen molar-refractivity contribution in [3.05, 3.63) is 60.2 Å². The van der Waals surface area contributed by atoms with Crippen molar-refractivity contribution in [1.29, 1.82) is 0 Å². The molecule has 28 heavy (non-hydrogen) atoms. The number of aliphatic imine (C=N–C) groups is 1. The van der Waals surface area contributed by atoms with Crippen LogP contribution in [0.3, 0.4) is 0 Å². The van der Waals surface area contributed by atoms with Gasteiger partial charge in [0, 0.05) is 5.71 Å². The number of rotatable bonds is 6. The number of carbonyl (C=O) groups is 2. The number of benzene rings is 2. The normalized spacial score (nSPS) is 20.0. The lowest BCUT2D eigenvalue weighted by molar-refractivity contribution is -0.151. The van der Waals surface area contributed by atoms with E-state index >= 15 is 0 Å². The summed E-state index contributed by atoms with van der Waals surface area (Å²) in [6.45, 7) is 5.47. The predicted molar refractivity (Wildman–Crippen MR) is 107 cm³/mol. The second-order valence-corrected chi connectivity index (χ2v) is 6.80. The topological polar surface area (TPSA) is 77.0 Å². The predicted octanol–water partition coefficient (Wildman–Crippen LogP) is 4.66. The molecular weight excluding hydrogens is 356 g/mol. The average molecular weight is 380 g/mol.